The van der Waals surface area contributed by atoms with Gasteiger partial charge >= 0.3 is 0 Å². The summed E-state index contributed by atoms with van der Waals surface area (Å²) < 4.78 is 5.08. The first-order valence-electron chi connectivity index (χ1n) is 9.88. The molecule has 0 saturated carbocycles. The van der Waals surface area contributed by atoms with Crippen molar-refractivity contribution in [1.82, 2.24) is 4.90 Å². The fourth-order valence-corrected chi connectivity index (χ4v) is 4.05. The molecule has 0 spiro atoms. The maximum absolute atomic E-state index is 12.7. The second-order valence-corrected chi connectivity index (χ2v) is 8.03. The van der Waals surface area contributed by atoms with Gasteiger partial charge in [-0.1, -0.05) is 54.6 Å². The molecule has 0 bridgehead atoms. The van der Waals surface area contributed by atoms with Crippen LogP contribution >= 0.6 is 11.8 Å². The molecule has 1 N–H and O–H groups in total. The van der Waals surface area contributed by atoms with Crippen LogP contribution < -0.4 is 10.1 Å². The molecule has 1 saturated heterocycles. The molecule has 3 aromatic carbocycles. The van der Waals surface area contributed by atoms with Crippen LogP contribution in [-0.2, 0) is 9.59 Å². The van der Waals surface area contributed by atoms with E-state index in [1.54, 1.807) is 37.5 Å². The van der Waals surface area contributed by atoms with Crippen molar-refractivity contribution in [3.8, 4) is 16.9 Å². The number of carbonyl (C=O) groups is 3. The summed E-state index contributed by atoms with van der Waals surface area (Å²) in [6.45, 7) is -0.346. The Morgan fingerprint density at radius 2 is 1.59 bits per heavy atom. The number of hydrogen-bond donors (Lipinski definition) is 1. The smallest absolute Gasteiger partial charge is 0.294 e. The lowest BCUT2D eigenvalue weighted by Gasteiger charge is -2.12. The molecule has 0 aromatic heterocycles. The van der Waals surface area contributed by atoms with Crippen molar-refractivity contribution in [1.29, 1.82) is 0 Å². The van der Waals surface area contributed by atoms with Gasteiger partial charge in [-0.05, 0) is 58.8 Å². The molecule has 6 nitrogen and oxygen atoms in total. The Labute approximate surface area is 189 Å². The van der Waals surface area contributed by atoms with Gasteiger partial charge in [-0.3, -0.25) is 19.3 Å². The van der Waals surface area contributed by atoms with Crippen molar-refractivity contribution in [2.45, 2.75) is 0 Å². The summed E-state index contributed by atoms with van der Waals surface area (Å²) in [4.78, 5) is 38.6. The maximum Gasteiger partial charge on any atom is 0.294 e. The fraction of sp³-hybridized carbons (Fsp3) is 0.0800. The molecule has 0 aliphatic carbocycles. The first kappa shape index (κ1) is 21.4. The number of anilines is 1. The summed E-state index contributed by atoms with van der Waals surface area (Å²) in [5.41, 5.74) is 3.52. The van der Waals surface area contributed by atoms with Crippen LogP contribution in [0.5, 0.6) is 5.75 Å². The second-order valence-electron chi connectivity index (χ2n) is 7.03. The van der Waals surface area contributed by atoms with E-state index in [2.05, 4.69) is 5.32 Å². The van der Waals surface area contributed by atoms with Crippen molar-refractivity contribution < 1.29 is 19.1 Å². The minimum absolute atomic E-state index is 0.291. The average molecular weight is 445 g/mol. The number of thioether (sulfide) groups is 1. The summed E-state index contributed by atoms with van der Waals surface area (Å²) in [7, 11) is 1.55. The minimum atomic E-state index is -0.475. The van der Waals surface area contributed by atoms with Crippen LogP contribution in [0.3, 0.4) is 0 Å². The number of nitrogens with zero attached hydrogens (tertiary/aromatic N) is 1. The Kier molecular flexibility index (Phi) is 6.37. The lowest BCUT2D eigenvalue weighted by Crippen LogP contribution is -2.36. The number of nitrogens with one attached hydrogen (secondary N) is 1. The van der Waals surface area contributed by atoms with Gasteiger partial charge in [0.2, 0.25) is 5.91 Å². The van der Waals surface area contributed by atoms with E-state index in [0.717, 1.165) is 33.4 Å². The van der Waals surface area contributed by atoms with Gasteiger partial charge in [-0.25, -0.2) is 0 Å². The molecule has 1 fully saturated rings. The highest BCUT2D eigenvalue weighted by Crippen LogP contribution is 2.32. The third-order valence-corrected chi connectivity index (χ3v) is 5.77. The predicted octanol–water partition coefficient (Wildman–Crippen LogP) is 5.04. The third kappa shape index (κ3) is 4.90. The lowest BCUT2D eigenvalue weighted by atomic mass is 10.0. The molecule has 1 heterocycles. The topological polar surface area (TPSA) is 75.7 Å². The van der Waals surface area contributed by atoms with Crippen LogP contribution in [-0.4, -0.2) is 35.6 Å². The van der Waals surface area contributed by atoms with E-state index in [-0.39, 0.29) is 6.54 Å². The number of rotatable bonds is 6. The number of carbonyl (C=O) groups excluding carboxylic acids is 3. The number of ether oxygens (including phenoxy) is 1. The van der Waals surface area contributed by atoms with Gasteiger partial charge in [0.25, 0.3) is 11.1 Å². The van der Waals surface area contributed by atoms with Crippen LogP contribution in [0.25, 0.3) is 17.2 Å². The van der Waals surface area contributed by atoms with Gasteiger partial charge < -0.3 is 10.1 Å². The van der Waals surface area contributed by atoms with Crippen LogP contribution in [0.1, 0.15) is 5.56 Å². The SMILES string of the molecule is COc1ccc(NC(=O)CN2C(=O)S/C(=C/c3ccc(-c4ccccc4)cc3)C2=O)cc1. The van der Waals surface area contributed by atoms with Gasteiger partial charge in [0, 0.05) is 5.69 Å². The van der Waals surface area contributed by atoms with Crippen LogP contribution in [0, 0.1) is 0 Å². The number of benzene rings is 3. The highest BCUT2D eigenvalue weighted by Gasteiger charge is 2.36. The van der Waals surface area contributed by atoms with Crippen molar-refractivity contribution in [3.05, 3.63) is 89.3 Å². The molecule has 4 rings (SSSR count). The third-order valence-electron chi connectivity index (χ3n) is 4.86. The number of imide groups is 1. The Balaban J connectivity index is 1.41. The first-order chi connectivity index (χ1) is 15.5. The first-order valence-corrected chi connectivity index (χ1v) is 10.7. The van der Waals surface area contributed by atoms with Gasteiger partial charge in [-0.15, -0.1) is 0 Å². The van der Waals surface area contributed by atoms with Gasteiger partial charge in [0.05, 0.1) is 12.0 Å². The van der Waals surface area contributed by atoms with Crippen LogP contribution in [0.4, 0.5) is 10.5 Å². The van der Waals surface area contributed by atoms with E-state index in [4.69, 9.17) is 4.74 Å². The predicted molar refractivity (Wildman–Crippen MR) is 126 cm³/mol. The molecule has 0 unspecified atom stereocenters. The molecule has 0 atom stereocenters. The Hall–Kier alpha value is -3.84. The van der Waals surface area contributed by atoms with Crippen molar-refractivity contribution in [2.24, 2.45) is 0 Å². The van der Waals surface area contributed by atoms with Crippen molar-refractivity contribution in [2.75, 3.05) is 19.0 Å². The minimum Gasteiger partial charge on any atom is -0.497 e. The Bertz CT molecular complexity index is 1170. The summed E-state index contributed by atoms with van der Waals surface area (Å²) in [5, 5.41) is 2.21. The van der Waals surface area contributed by atoms with Gasteiger partial charge in [0.1, 0.15) is 12.3 Å². The van der Waals surface area contributed by atoms with Crippen LogP contribution in [0.15, 0.2) is 83.8 Å². The maximum atomic E-state index is 12.7. The van der Waals surface area contributed by atoms with Gasteiger partial charge in [-0.2, -0.15) is 0 Å². The van der Waals surface area contributed by atoms with E-state index >= 15 is 0 Å². The monoisotopic (exact) mass is 444 g/mol. The summed E-state index contributed by atoms with van der Waals surface area (Å²) in [6, 6.07) is 24.5. The van der Waals surface area contributed by atoms with Gasteiger partial charge in [0.15, 0.2) is 0 Å². The molecule has 3 aromatic rings. The summed E-state index contributed by atoms with van der Waals surface area (Å²) in [6.07, 6.45) is 1.67. The van der Waals surface area contributed by atoms with Crippen molar-refractivity contribution in [3.63, 3.8) is 0 Å². The lowest BCUT2D eigenvalue weighted by molar-refractivity contribution is -0.127. The molecule has 32 heavy (non-hydrogen) atoms. The van der Waals surface area contributed by atoms with E-state index < -0.39 is 17.1 Å². The molecule has 160 valence electrons. The number of methoxy groups -OCH3 is 1. The average Bonchev–Trinajstić information content (AvgIpc) is 3.08. The molecular weight excluding hydrogens is 424 g/mol. The molecule has 1 aliphatic heterocycles. The number of hydrogen-bond acceptors (Lipinski definition) is 5. The number of amides is 3. The quantitative estimate of drug-likeness (QED) is 0.539. The van der Waals surface area contributed by atoms with E-state index in [1.165, 1.54) is 0 Å². The highest BCUT2D eigenvalue weighted by atomic mass is 32.2. The normalized spacial score (nSPS) is 14.7. The molecule has 0 radical (unpaired) electrons. The highest BCUT2D eigenvalue weighted by molar-refractivity contribution is 8.18. The Morgan fingerprint density at radius 1 is 0.938 bits per heavy atom. The zero-order valence-electron chi connectivity index (χ0n) is 17.3. The standard InChI is InChI=1S/C25H20N2O4S/c1-31-21-13-11-20(12-14-21)26-23(28)16-27-24(29)22(32-25(27)30)15-17-7-9-19(10-8-17)18-5-3-2-4-6-18/h2-15H,16H2,1H3,(H,26,28)/b22-15+. The van der Waals surface area contributed by atoms with E-state index in [0.29, 0.717) is 16.3 Å². The zero-order chi connectivity index (χ0) is 22.5. The Morgan fingerprint density at radius 3 is 2.25 bits per heavy atom. The summed E-state index contributed by atoms with van der Waals surface area (Å²) in [5.74, 6) is -0.265. The molecule has 1 aliphatic rings. The fourth-order valence-electron chi connectivity index (χ4n) is 3.21. The molecule has 3 amide bonds. The van der Waals surface area contributed by atoms with E-state index in [1.807, 2.05) is 54.6 Å². The second kappa shape index (κ2) is 9.53. The summed E-state index contributed by atoms with van der Waals surface area (Å²) >= 11 is 0.832. The zero-order valence-corrected chi connectivity index (χ0v) is 18.1. The van der Waals surface area contributed by atoms with E-state index in [9.17, 15) is 14.4 Å². The molecule has 7 heteroatoms. The van der Waals surface area contributed by atoms with Crippen molar-refractivity contribution >= 4 is 40.6 Å². The largest absolute Gasteiger partial charge is 0.497 e. The molecular formula is C25H20N2O4S. The van der Waals surface area contributed by atoms with Crippen LogP contribution in [0.2, 0.25) is 0 Å².